The van der Waals surface area contributed by atoms with E-state index in [0.29, 0.717) is 32.7 Å². The number of ether oxygens (including phenoxy) is 1. The fourth-order valence-electron chi connectivity index (χ4n) is 4.30. The summed E-state index contributed by atoms with van der Waals surface area (Å²) in [6.07, 6.45) is 2.42. The van der Waals surface area contributed by atoms with E-state index in [9.17, 15) is 4.79 Å². The molecule has 1 heterocycles. The number of aromatic nitrogens is 2. The van der Waals surface area contributed by atoms with E-state index in [1.165, 1.54) is 5.56 Å². The summed E-state index contributed by atoms with van der Waals surface area (Å²) < 4.78 is 7.85. The number of imidazole rings is 1. The average molecular weight is 477 g/mol. The summed E-state index contributed by atoms with van der Waals surface area (Å²) >= 11 is 0. The largest absolute Gasteiger partial charge is 0.449 e. The second kappa shape index (κ2) is 12.0. The van der Waals surface area contributed by atoms with Gasteiger partial charge in [0.15, 0.2) is 0 Å². The van der Waals surface area contributed by atoms with Crippen molar-refractivity contribution in [1.82, 2.24) is 14.5 Å². The Morgan fingerprint density at radius 3 is 2.26 bits per heavy atom. The second-order valence-corrected chi connectivity index (χ2v) is 10.5. The Kier molecular flexibility index (Phi) is 9.10. The topological polar surface area (TPSA) is 73.4 Å². The first-order valence-electron chi connectivity index (χ1n) is 12.5. The van der Waals surface area contributed by atoms with Gasteiger partial charge >= 0.3 is 6.09 Å². The molecular formula is C29H40N4O2. The predicted molar refractivity (Wildman–Crippen MR) is 142 cm³/mol. The monoisotopic (exact) mass is 476 g/mol. The van der Waals surface area contributed by atoms with Crippen LogP contribution in [-0.4, -0.2) is 40.2 Å². The molecule has 0 saturated carbocycles. The van der Waals surface area contributed by atoms with Crippen LogP contribution in [0.2, 0.25) is 0 Å². The molecule has 6 heteroatoms. The molecule has 0 radical (unpaired) electrons. The van der Waals surface area contributed by atoms with Gasteiger partial charge in [0.05, 0.1) is 18.3 Å². The maximum Gasteiger partial charge on any atom is 0.410 e. The van der Waals surface area contributed by atoms with Crippen LogP contribution >= 0.6 is 0 Å². The van der Waals surface area contributed by atoms with E-state index >= 15 is 0 Å². The van der Waals surface area contributed by atoms with Crippen LogP contribution in [-0.2, 0) is 11.3 Å². The van der Waals surface area contributed by atoms with Crippen molar-refractivity contribution in [3.8, 4) is 11.3 Å². The van der Waals surface area contributed by atoms with Crippen molar-refractivity contribution in [2.75, 3.05) is 19.7 Å². The molecule has 0 fully saturated rings. The molecule has 188 valence electrons. The van der Waals surface area contributed by atoms with E-state index in [-0.39, 0.29) is 23.5 Å². The molecule has 0 aliphatic heterocycles. The highest BCUT2D eigenvalue weighted by Crippen LogP contribution is 2.39. The van der Waals surface area contributed by atoms with Gasteiger partial charge in [0.2, 0.25) is 0 Å². The van der Waals surface area contributed by atoms with E-state index in [0.717, 1.165) is 17.1 Å². The fourth-order valence-corrected chi connectivity index (χ4v) is 4.30. The van der Waals surface area contributed by atoms with Gasteiger partial charge in [-0.25, -0.2) is 9.78 Å². The third kappa shape index (κ3) is 7.18. The van der Waals surface area contributed by atoms with Crippen molar-refractivity contribution in [2.24, 2.45) is 17.1 Å². The van der Waals surface area contributed by atoms with Gasteiger partial charge in [0.25, 0.3) is 0 Å². The number of nitrogens with two attached hydrogens (primary N) is 1. The molecule has 0 bridgehead atoms. The lowest BCUT2D eigenvalue weighted by Gasteiger charge is -2.40. The lowest BCUT2D eigenvalue weighted by atomic mass is 9.84. The number of nitrogens with zero attached hydrogens (tertiary/aromatic N) is 3. The molecular weight excluding hydrogens is 436 g/mol. The van der Waals surface area contributed by atoms with Gasteiger partial charge in [0.1, 0.15) is 5.82 Å². The third-order valence-corrected chi connectivity index (χ3v) is 5.82. The smallest absolute Gasteiger partial charge is 0.410 e. The lowest BCUT2D eigenvalue weighted by molar-refractivity contribution is 0.0450. The van der Waals surface area contributed by atoms with E-state index in [1.54, 1.807) is 0 Å². The first-order chi connectivity index (χ1) is 16.7. The number of carbonyl (C=O) groups excluding carboxylic acids is 1. The number of hydrogen-bond acceptors (Lipinski definition) is 4. The Balaban J connectivity index is 2.11. The van der Waals surface area contributed by atoms with Gasteiger partial charge in [-0.3, -0.25) is 4.90 Å². The highest BCUT2D eigenvalue weighted by atomic mass is 16.6. The van der Waals surface area contributed by atoms with Gasteiger partial charge in [-0.15, -0.1) is 0 Å². The number of benzene rings is 2. The molecule has 3 aromatic rings. The van der Waals surface area contributed by atoms with Crippen molar-refractivity contribution < 1.29 is 9.53 Å². The Morgan fingerprint density at radius 1 is 1.06 bits per heavy atom. The Labute approximate surface area is 210 Å². The molecule has 1 aromatic heterocycles. The molecule has 1 amide bonds. The number of hydrogen-bond donors (Lipinski definition) is 1. The zero-order valence-corrected chi connectivity index (χ0v) is 21.8. The van der Waals surface area contributed by atoms with Crippen molar-refractivity contribution in [3.63, 3.8) is 0 Å². The summed E-state index contributed by atoms with van der Waals surface area (Å²) in [5.41, 5.74) is 8.47. The van der Waals surface area contributed by atoms with Gasteiger partial charge in [-0.2, -0.15) is 0 Å². The molecule has 0 spiro atoms. The zero-order valence-electron chi connectivity index (χ0n) is 21.8. The maximum absolute atomic E-state index is 13.4. The average Bonchev–Trinajstić information content (AvgIpc) is 3.22. The van der Waals surface area contributed by atoms with Crippen molar-refractivity contribution in [3.05, 3.63) is 78.2 Å². The molecule has 0 aliphatic carbocycles. The number of rotatable bonds is 10. The number of amides is 1. The Bertz CT molecular complexity index is 1060. The van der Waals surface area contributed by atoms with Crippen LogP contribution in [0.5, 0.6) is 0 Å². The predicted octanol–water partition coefficient (Wildman–Crippen LogP) is 6.13. The van der Waals surface area contributed by atoms with E-state index < -0.39 is 0 Å². The van der Waals surface area contributed by atoms with Crippen LogP contribution < -0.4 is 5.73 Å². The molecule has 0 aliphatic rings. The molecule has 35 heavy (non-hydrogen) atoms. The summed E-state index contributed by atoms with van der Waals surface area (Å²) in [6, 6.07) is 20.2. The van der Waals surface area contributed by atoms with Crippen LogP contribution in [0, 0.1) is 11.3 Å². The molecule has 0 saturated heterocycles. The molecule has 3 rings (SSSR count). The van der Waals surface area contributed by atoms with Gasteiger partial charge in [0, 0.05) is 24.8 Å². The summed E-state index contributed by atoms with van der Waals surface area (Å²) in [5.74, 6) is 1.13. The second-order valence-electron chi connectivity index (χ2n) is 10.5. The number of carbonyl (C=O) groups is 1. The van der Waals surface area contributed by atoms with Gasteiger partial charge in [-0.05, 0) is 29.9 Å². The van der Waals surface area contributed by atoms with Crippen molar-refractivity contribution >= 4 is 6.09 Å². The fraction of sp³-hybridized carbons (Fsp3) is 0.448. The van der Waals surface area contributed by atoms with E-state index in [1.807, 2.05) is 41.3 Å². The highest BCUT2D eigenvalue weighted by Gasteiger charge is 2.39. The quantitative estimate of drug-likeness (QED) is 0.357. The van der Waals surface area contributed by atoms with Crippen LogP contribution in [0.4, 0.5) is 4.79 Å². The van der Waals surface area contributed by atoms with Crippen LogP contribution in [0.25, 0.3) is 11.3 Å². The maximum atomic E-state index is 13.4. The van der Waals surface area contributed by atoms with Crippen LogP contribution in [0.3, 0.4) is 0 Å². The molecule has 0 unspecified atom stereocenters. The minimum Gasteiger partial charge on any atom is -0.449 e. The highest BCUT2D eigenvalue weighted by molar-refractivity contribution is 5.68. The summed E-state index contributed by atoms with van der Waals surface area (Å²) in [5, 5.41) is 0. The SMILES string of the molecule is CC(C)CN(C(=O)OCCCN)[C@@H](c1nc(-c2ccccc2)cn1Cc1ccccc1)C(C)(C)C. The minimum atomic E-state index is -0.317. The standard InChI is InChI=1S/C29H40N4O2/c1-22(2)19-33(28(34)35-18-12-17-30)26(29(3,4)5)27-31-25(24-15-10-7-11-16-24)21-32(27)20-23-13-8-6-9-14-23/h6-11,13-16,21-22,26H,12,17-20,30H2,1-5H3/t26-/m0/s1. The first-order valence-corrected chi connectivity index (χ1v) is 12.5. The molecule has 6 nitrogen and oxygen atoms in total. The summed E-state index contributed by atoms with van der Waals surface area (Å²) in [4.78, 5) is 20.4. The van der Waals surface area contributed by atoms with Crippen molar-refractivity contribution in [2.45, 2.75) is 53.6 Å². The van der Waals surface area contributed by atoms with Gasteiger partial charge < -0.3 is 15.0 Å². The molecule has 1 atom stereocenters. The lowest BCUT2D eigenvalue weighted by Crippen LogP contribution is -2.44. The van der Waals surface area contributed by atoms with Crippen LogP contribution in [0.15, 0.2) is 66.9 Å². The molecule has 2 N–H and O–H groups in total. The zero-order chi connectivity index (χ0) is 25.4. The van der Waals surface area contributed by atoms with E-state index in [2.05, 4.69) is 69.6 Å². The van der Waals surface area contributed by atoms with Gasteiger partial charge in [-0.1, -0.05) is 95.3 Å². The molecule has 2 aromatic carbocycles. The van der Waals surface area contributed by atoms with E-state index in [4.69, 9.17) is 15.5 Å². The third-order valence-electron chi connectivity index (χ3n) is 5.82. The summed E-state index contributed by atoms with van der Waals surface area (Å²) in [6.45, 7) is 12.7. The minimum absolute atomic E-state index is 0.271. The summed E-state index contributed by atoms with van der Waals surface area (Å²) in [7, 11) is 0. The first kappa shape index (κ1) is 26.5. The van der Waals surface area contributed by atoms with Crippen LogP contribution in [0.1, 0.15) is 58.5 Å². The normalized spacial score (nSPS) is 12.5. The Hall–Kier alpha value is -3.12. The Morgan fingerprint density at radius 2 is 1.69 bits per heavy atom. The van der Waals surface area contributed by atoms with Crippen molar-refractivity contribution in [1.29, 1.82) is 0 Å².